The Hall–Kier alpha value is -0.890. The van der Waals surface area contributed by atoms with E-state index in [1.54, 1.807) is 27.1 Å². The summed E-state index contributed by atoms with van der Waals surface area (Å²) in [6.45, 7) is 2.46. The molecule has 0 atom stereocenters. The largest absolute Gasteiger partial charge is 0.464 e. The number of rotatable bonds is 7. The van der Waals surface area contributed by atoms with Crippen molar-refractivity contribution in [2.75, 3.05) is 20.7 Å². The maximum absolute atomic E-state index is 12.3. The molecule has 1 aliphatic rings. The summed E-state index contributed by atoms with van der Waals surface area (Å²) in [5.41, 5.74) is -0.335. The van der Waals surface area contributed by atoms with Crippen LogP contribution in [0.3, 0.4) is 0 Å². The third-order valence-corrected chi connectivity index (χ3v) is 5.35. The monoisotopic (exact) mass is 302 g/mol. The Morgan fingerprint density at radius 3 is 2.65 bits per heavy atom. The maximum atomic E-state index is 12.3. The first-order chi connectivity index (χ1) is 9.42. The molecule has 2 rings (SSSR count). The molecule has 0 radical (unpaired) electrons. The predicted octanol–water partition coefficient (Wildman–Crippen LogP) is 1.15. The van der Waals surface area contributed by atoms with Gasteiger partial charge in [0.05, 0.1) is 12.1 Å². The SMILES string of the molecule is CNCc1cc(S(=O)(=O)NCC2(OC)CCC2)c(C)o1. The van der Waals surface area contributed by atoms with Crippen molar-refractivity contribution in [3.8, 4) is 0 Å². The van der Waals surface area contributed by atoms with Crippen molar-refractivity contribution in [1.29, 1.82) is 0 Å². The average Bonchev–Trinajstić information content (AvgIpc) is 2.71. The molecule has 0 amide bonds. The fourth-order valence-corrected chi connectivity index (χ4v) is 3.70. The second kappa shape index (κ2) is 5.85. The van der Waals surface area contributed by atoms with Crippen molar-refractivity contribution >= 4 is 10.0 Å². The number of hydrogen-bond donors (Lipinski definition) is 2. The second-order valence-electron chi connectivity index (χ2n) is 5.23. The molecular formula is C13H22N2O4S. The molecule has 1 heterocycles. The Bertz CT molecular complexity index is 555. The van der Waals surface area contributed by atoms with Gasteiger partial charge in [0.2, 0.25) is 10.0 Å². The van der Waals surface area contributed by atoms with Gasteiger partial charge in [0, 0.05) is 19.7 Å². The molecule has 2 N–H and O–H groups in total. The summed E-state index contributed by atoms with van der Waals surface area (Å²) in [6, 6.07) is 1.56. The molecule has 0 aromatic carbocycles. The van der Waals surface area contributed by atoms with E-state index in [2.05, 4.69) is 10.0 Å². The number of sulfonamides is 1. The van der Waals surface area contributed by atoms with Gasteiger partial charge in [-0.05, 0) is 33.2 Å². The minimum atomic E-state index is -3.56. The van der Waals surface area contributed by atoms with Crippen LogP contribution in [-0.2, 0) is 21.3 Å². The molecule has 0 saturated heterocycles. The molecule has 1 fully saturated rings. The highest BCUT2D eigenvalue weighted by Crippen LogP contribution is 2.34. The van der Waals surface area contributed by atoms with E-state index in [-0.39, 0.29) is 10.5 Å². The second-order valence-corrected chi connectivity index (χ2v) is 6.96. The highest BCUT2D eigenvalue weighted by atomic mass is 32.2. The lowest BCUT2D eigenvalue weighted by molar-refractivity contribution is -0.0659. The Balaban J connectivity index is 2.10. The van der Waals surface area contributed by atoms with Crippen LogP contribution in [-0.4, -0.2) is 34.7 Å². The molecule has 0 spiro atoms. The topological polar surface area (TPSA) is 80.6 Å². The van der Waals surface area contributed by atoms with Crippen LogP contribution in [0.1, 0.15) is 30.8 Å². The molecule has 114 valence electrons. The van der Waals surface area contributed by atoms with Crippen LogP contribution in [0, 0.1) is 6.92 Å². The van der Waals surface area contributed by atoms with E-state index in [1.165, 1.54) is 0 Å². The Labute approximate surface area is 119 Å². The van der Waals surface area contributed by atoms with E-state index in [1.807, 2.05) is 0 Å². The number of aryl methyl sites for hydroxylation is 1. The summed E-state index contributed by atoms with van der Waals surface area (Å²) < 4.78 is 38.1. The third-order valence-electron chi connectivity index (χ3n) is 3.85. The molecule has 1 aromatic rings. The zero-order valence-corrected chi connectivity index (χ0v) is 13.0. The van der Waals surface area contributed by atoms with E-state index in [4.69, 9.17) is 9.15 Å². The fraction of sp³-hybridized carbons (Fsp3) is 0.692. The third kappa shape index (κ3) is 3.06. The quantitative estimate of drug-likeness (QED) is 0.790. The molecule has 0 unspecified atom stereocenters. The lowest BCUT2D eigenvalue weighted by Gasteiger charge is -2.40. The van der Waals surface area contributed by atoms with Gasteiger partial charge in [0.25, 0.3) is 0 Å². The van der Waals surface area contributed by atoms with Gasteiger partial charge < -0.3 is 14.5 Å². The number of furan rings is 1. The zero-order valence-electron chi connectivity index (χ0n) is 12.2. The number of hydrogen-bond acceptors (Lipinski definition) is 5. The van der Waals surface area contributed by atoms with Gasteiger partial charge in [0.15, 0.2) is 0 Å². The number of nitrogens with one attached hydrogen (secondary N) is 2. The lowest BCUT2D eigenvalue weighted by atomic mass is 9.80. The molecule has 1 aromatic heterocycles. The lowest BCUT2D eigenvalue weighted by Crippen LogP contribution is -2.49. The van der Waals surface area contributed by atoms with Gasteiger partial charge >= 0.3 is 0 Å². The zero-order chi connectivity index (χ0) is 14.8. The first-order valence-corrected chi connectivity index (χ1v) is 8.19. The van der Waals surface area contributed by atoms with E-state index in [0.29, 0.717) is 24.6 Å². The summed E-state index contributed by atoms with van der Waals surface area (Å²) in [6.07, 6.45) is 2.86. The van der Waals surface area contributed by atoms with E-state index in [0.717, 1.165) is 19.3 Å². The van der Waals surface area contributed by atoms with Gasteiger partial charge in [-0.2, -0.15) is 0 Å². The normalized spacial score (nSPS) is 17.9. The van der Waals surface area contributed by atoms with E-state index < -0.39 is 10.0 Å². The molecule has 20 heavy (non-hydrogen) atoms. The highest BCUT2D eigenvalue weighted by molar-refractivity contribution is 7.89. The van der Waals surface area contributed by atoms with Gasteiger partial charge in [-0.25, -0.2) is 13.1 Å². The first kappa shape index (κ1) is 15.5. The summed E-state index contributed by atoms with van der Waals surface area (Å²) in [5, 5.41) is 2.93. The number of methoxy groups -OCH3 is 1. The predicted molar refractivity (Wildman–Crippen MR) is 75.0 cm³/mol. The smallest absolute Gasteiger partial charge is 0.244 e. The Morgan fingerprint density at radius 2 is 2.15 bits per heavy atom. The first-order valence-electron chi connectivity index (χ1n) is 6.71. The van der Waals surface area contributed by atoms with Crippen molar-refractivity contribution < 1.29 is 17.6 Å². The minimum absolute atomic E-state index is 0.202. The highest BCUT2D eigenvalue weighted by Gasteiger charge is 2.38. The molecule has 6 nitrogen and oxygen atoms in total. The molecule has 7 heteroatoms. The number of ether oxygens (including phenoxy) is 1. The van der Waals surface area contributed by atoms with E-state index >= 15 is 0 Å². The summed E-state index contributed by atoms with van der Waals surface area (Å²) in [5.74, 6) is 1.01. The molecule has 1 aliphatic carbocycles. The van der Waals surface area contributed by atoms with Crippen LogP contribution in [0.25, 0.3) is 0 Å². The Morgan fingerprint density at radius 1 is 1.45 bits per heavy atom. The molecule has 1 saturated carbocycles. The standard InChI is InChI=1S/C13H22N2O4S/c1-10-12(7-11(19-10)8-14-2)20(16,17)15-9-13(18-3)5-4-6-13/h7,14-15H,4-6,8-9H2,1-3H3. The van der Waals surface area contributed by atoms with Crippen LogP contribution in [0.2, 0.25) is 0 Å². The minimum Gasteiger partial charge on any atom is -0.464 e. The van der Waals surface area contributed by atoms with Gasteiger partial charge in [0.1, 0.15) is 16.4 Å². The van der Waals surface area contributed by atoms with Crippen molar-refractivity contribution in [1.82, 2.24) is 10.0 Å². The van der Waals surface area contributed by atoms with Crippen LogP contribution in [0.4, 0.5) is 0 Å². The summed E-state index contributed by atoms with van der Waals surface area (Å²) in [7, 11) is -0.152. The molecular weight excluding hydrogens is 280 g/mol. The fourth-order valence-electron chi connectivity index (χ4n) is 2.38. The van der Waals surface area contributed by atoms with Crippen LogP contribution in [0.5, 0.6) is 0 Å². The van der Waals surface area contributed by atoms with Crippen molar-refractivity contribution in [3.05, 3.63) is 17.6 Å². The maximum Gasteiger partial charge on any atom is 0.244 e. The Kier molecular flexibility index (Phi) is 4.53. The summed E-state index contributed by atoms with van der Waals surface area (Å²) >= 11 is 0. The van der Waals surface area contributed by atoms with E-state index in [9.17, 15) is 8.42 Å². The van der Waals surface area contributed by atoms with Gasteiger partial charge in [-0.15, -0.1) is 0 Å². The molecule has 0 bridgehead atoms. The average molecular weight is 302 g/mol. The molecule has 0 aliphatic heterocycles. The van der Waals surface area contributed by atoms with Crippen LogP contribution >= 0.6 is 0 Å². The summed E-state index contributed by atoms with van der Waals surface area (Å²) in [4.78, 5) is 0.202. The van der Waals surface area contributed by atoms with Gasteiger partial charge in [-0.1, -0.05) is 0 Å². The van der Waals surface area contributed by atoms with Crippen LogP contribution < -0.4 is 10.0 Å². The van der Waals surface area contributed by atoms with Crippen molar-refractivity contribution in [2.45, 2.75) is 43.2 Å². The van der Waals surface area contributed by atoms with Crippen LogP contribution in [0.15, 0.2) is 15.4 Å². The van der Waals surface area contributed by atoms with Gasteiger partial charge in [-0.3, -0.25) is 0 Å². The van der Waals surface area contributed by atoms with Crippen molar-refractivity contribution in [2.24, 2.45) is 0 Å². The van der Waals surface area contributed by atoms with Crippen molar-refractivity contribution in [3.63, 3.8) is 0 Å².